The Balaban J connectivity index is 2.92. The SMILES string of the molecule is Cc1sccc1CN. The molecule has 1 rings (SSSR count). The topological polar surface area (TPSA) is 26.0 Å². The van der Waals surface area contributed by atoms with Gasteiger partial charge in [0.2, 0.25) is 0 Å². The third-order valence-electron chi connectivity index (χ3n) is 1.19. The summed E-state index contributed by atoms with van der Waals surface area (Å²) < 4.78 is 0. The predicted octanol–water partition coefficient (Wildman–Crippen LogP) is 1.52. The van der Waals surface area contributed by atoms with Crippen LogP contribution in [-0.2, 0) is 6.54 Å². The molecule has 0 saturated carbocycles. The summed E-state index contributed by atoms with van der Waals surface area (Å²) in [5.41, 5.74) is 6.67. The third kappa shape index (κ3) is 0.904. The summed E-state index contributed by atoms with van der Waals surface area (Å²) >= 11 is 1.75. The first-order chi connectivity index (χ1) is 3.84. The Morgan fingerprint density at radius 2 is 2.50 bits per heavy atom. The molecular weight excluding hydrogens is 118 g/mol. The minimum atomic E-state index is 0.676. The van der Waals surface area contributed by atoms with Gasteiger partial charge in [0, 0.05) is 11.4 Å². The molecule has 1 aromatic rings. The summed E-state index contributed by atoms with van der Waals surface area (Å²) in [6.45, 7) is 2.77. The lowest BCUT2D eigenvalue weighted by atomic mass is 10.3. The molecule has 0 aromatic carbocycles. The van der Waals surface area contributed by atoms with Gasteiger partial charge in [0.05, 0.1) is 0 Å². The van der Waals surface area contributed by atoms with Crippen LogP contribution in [0.1, 0.15) is 10.4 Å². The first-order valence-electron chi connectivity index (χ1n) is 2.57. The Morgan fingerprint density at radius 3 is 2.75 bits per heavy atom. The quantitative estimate of drug-likeness (QED) is 0.608. The molecule has 1 heterocycles. The fourth-order valence-electron chi connectivity index (χ4n) is 0.623. The van der Waals surface area contributed by atoms with Crippen LogP contribution in [0.5, 0.6) is 0 Å². The van der Waals surface area contributed by atoms with E-state index in [1.807, 2.05) is 0 Å². The number of thiophene rings is 1. The van der Waals surface area contributed by atoms with E-state index in [4.69, 9.17) is 5.73 Å². The number of rotatable bonds is 1. The Morgan fingerprint density at radius 1 is 1.75 bits per heavy atom. The second kappa shape index (κ2) is 2.29. The van der Waals surface area contributed by atoms with E-state index < -0.39 is 0 Å². The molecule has 0 aliphatic rings. The summed E-state index contributed by atoms with van der Waals surface area (Å²) in [5, 5.41) is 2.07. The van der Waals surface area contributed by atoms with Gasteiger partial charge in [-0.25, -0.2) is 0 Å². The standard InChI is InChI=1S/C6H9NS/c1-5-6(4-7)2-3-8-5/h2-3H,4,7H2,1H3. The van der Waals surface area contributed by atoms with Crippen molar-refractivity contribution in [2.45, 2.75) is 13.5 Å². The summed E-state index contributed by atoms with van der Waals surface area (Å²) in [4.78, 5) is 1.34. The molecule has 2 heteroatoms. The van der Waals surface area contributed by atoms with E-state index >= 15 is 0 Å². The van der Waals surface area contributed by atoms with Crippen molar-refractivity contribution in [3.05, 3.63) is 21.9 Å². The van der Waals surface area contributed by atoms with Crippen LogP contribution in [0.4, 0.5) is 0 Å². The molecule has 0 saturated heterocycles. The van der Waals surface area contributed by atoms with E-state index in [9.17, 15) is 0 Å². The van der Waals surface area contributed by atoms with Crippen molar-refractivity contribution in [1.82, 2.24) is 0 Å². The lowest BCUT2D eigenvalue weighted by molar-refractivity contribution is 1.07. The molecule has 0 unspecified atom stereocenters. The van der Waals surface area contributed by atoms with Crippen molar-refractivity contribution in [1.29, 1.82) is 0 Å². The van der Waals surface area contributed by atoms with Gasteiger partial charge >= 0.3 is 0 Å². The molecule has 0 radical (unpaired) electrons. The number of nitrogens with two attached hydrogens (primary N) is 1. The smallest absolute Gasteiger partial charge is 0.0189 e. The summed E-state index contributed by atoms with van der Waals surface area (Å²) in [7, 11) is 0. The van der Waals surface area contributed by atoms with Gasteiger partial charge in [-0.1, -0.05) is 0 Å². The van der Waals surface area contributed by atoms with E-state index in [1.54, 1.807) is 11.3 Å². The maximum atomic E-state index is 5.40. The molecule has 0 spiro atoms. The Hall–Kier alpha value is -0.340. The lowest BCUT2D eigenvalue weighted by Crippen LogP contribution is -1.94. The van der Waals surface area contributed by atoms with Gasteiger partial charge < -0.3 is 5.73 Å². The normalized spacial score (nSPS) is 9.75. The highest BCUT2D eigenvalue weighted by atomic mass is 32.1. The van der Waals surface area contributed by atoms with Crippen LogP contribution in [0.25, 0.3) is 0 Å². The highest BCUT2D eigenvalue weighted by Crippen LogP contribution is 2.13. The van der Waals surface area contributed by atoms with Gasteiger partial charge in [-0.2, -0.15) is 0 Å². The van der Waals surface area contributed by atoms with Crippen LogP contribution < -0.4 is 5.73 Å². The molecule has 1 nitrogen and oxygen atoms in total. The fraction of sp³-hybridized carbons (Fsp3) is 0.333. The van der Waals surface area contributed by atoms with Crippen LogP contribution in [0.2, 0.25) is 0 Å². The van der Waals surface area contributed by atoms with Gasteiger partial charge in [0.15, 0.2) is 0 Å². The summed E-state index contributed by atoms with van der Waals surface area (Å²) in [5.74, 6) is 0. The number of hydrogen-bond acceptors (Lipinski definition) is 2. The zero-order valence-corrected chi connectivity index (χ0v) is 5.66. The molecule has 0 aliphatic heterocycles. The average molecular weight is 127 g/mol. The fourth-order valence-corrected chi connectivity index (χ4v) is 1.36. The van der Waals surface area contributed by atoms with E-state index in [0.717, 1.165) is 0 Å². The zero-order valence-electron chi connectivity index (χ0n) is 4.85. The van der Waals surface area contributed by atoms with E-state index in [2.05, 4.69) is 18.4 Å². The number of hydrogen-bond donors (Lipinski definition) is 1. The highest BCUT2D eigenvalue weighted by Gasteiger charge is 1.92. The lowest BCUT2D eigenvalue weighted by Gasteiger charge is -1.88. The molecule has 0 aliphatic carbocycles. The Bertz CT molecular complexity index is 169. The molecule has 0 fully saturated rings. The number of aryl methyl sites for hydroxylation is 1. The predicted molar refractivity (Wildman–Crippen MR) is 36.9 cm³/mol. The van der Waals surface area contributed by atoms with Crippen LogP contribution >= 0.6 is 11.3 Å². The molecule has 2 N–H and O–H groups in total. The molecule has 0 amide bonds. The maximum Gasteiger partial charge on any atom is 0.0189 e. The third-order valence-corrected chi connectivity index (χ3v) is 2.07. The van der Waals surface area contributed by atoms with Crippen molar-refractivity contribution in [2.75, 3.05) is 0 Å². The van der Waals surface area contributed by atoms with Crippen LogP contribution in [0, 0.1) is 6.92 Å². The van der Waals surface area contributed by atoms with Crippen molar-refractivity contribution in [2.24, 2.45) is 5.73 Å². The van der Waals surface area contributed by atoms with Crippen LogP contribution in [0.3, 0.4) is 0 Å². The second-order valence-electron chi connectivity index (χ2n) is 1.71. The van der Waals surface area contributed by atoms with Gasteiger partial charge in [-0.15, -0.1) is 11.3 Å². The largest absolute Gasteiger partial charge is 0.326 e. The van der Waals surface area contributed by atoms with Gasteiger partial charge in [0.1, 0.15) is 0 Å². The van der Waals surface area contributed by atoms with Crippen molar-refractivity contribution in [3.63, 3.8) is 0 Å². The summed E-state index contributed by atoms with van der Waals surface area (Å²) in [6.07, 6.45) is 0. The molecule has 1 aromatic heterocycles. The van der Waals surface area contributed by atoms with Crippen molar-refractivity contribution >= 4 is 11.3 Å². The second-order valence-corrected chi connectivity index (χ2v) is 2.83. The maximum absolute atomic E-state index is 5.40. The van der Waals surface area contributed by atoms with Crippen molar-refractivity contribution in [3.8, 4) is 0 Å². The van der Waals surface area contributed by atoms with E-state index in [0.29, 0.717) is 6.54 Å². The monoisotopic (exact) mass is 127 g/mol. The van der Waals surface area contributed by atoms with Gasteiger partial charge in [-0.3, -0.25) is 0 Å². The first kappa shape index (κ1) is 5.79. The first-order valence-corrected chi connectivity index (χ1v) is 3.45. The highest BCUT2D eigenvalue weighted by molar-refractivity contribution is 7.10. The summed E-state index contributed by atoms with van der Waals surface area (Å²) in [6, 6.07) is 2.07. The van der Waals surface area contributed by atoms with Crippen LogP contribution in [0.15, 0.2) is 11.4 Å². The van der Waals surface area contributed by atoms with Gasteiger partial charge in [-0.05, 0) is 23.9 Å². The van der Waals surface area contributed by atoms with E-state index in [-0.39, 0.29) is 0 Å². The Labute approximate surface area is 53.1 Å². The Kier molecular flexibility index (Phi) is 1.65. The van der Waals surface area contributed by atoms with Gasteiger partial charge in [0.25, 0.3) is 0 Å². The van der Waals surface area contributed by atoms with Crippen molar-refractivity contribution < 1.29 is 0 Å². The zero-order chi connectivity index (χ0) is 5.98. The molecular formula is C6H9NS. The molecule has 0 atom stereocenters. The minimum Gasteiger partial charge on any atom is -0.326 e. The van der Waals surface area contributed by atoms with E-state index in [1.165, 1.54) is 10.4 Å². The molecule has 0 bridgehead atoms. The minimum absolute atomic E-state index is 0.676. The van der Waals surface area contributed by atoms with Crippen LogP contribution in [-0.4, -0.2) is 0 Å². The average Bonchev–Trinajstić information content (AvgIpc) is 2.14. The molecule has 44 valence electrons. The molecule has 8 heavy (non-hydrogen) atoms.